The molecule has 20 heavy (non-hydrogen) atoms. The van der Waals surface area contributed by atoms with E-state index in [1.807, 2.05) is 41.8 Å². The minimum Gasteiger partial charge on any atom is -0.461 e. The predicted molar refractivity (Wildman–Crippen MR) is 75.3 cm³/mol. The van der Waals surface area contributed by atoms with Gasteiger partial charge in [-0.1, -0.05) is 25.1 Å². The van der Waals surface area contributed by atoms with Gasteiger partial charge in [0.25, 0.3) is 0 Å². The second-order valence-corrected chi connectivity index (χ2v) is 5.29. The van der Waals surface area contributed by atoms with Crippen LogP contribution in [0.25, 0.3) is 10.9 Å². The number of carbonyl (C=O) groups excluding carboxylic acids is 1. The van der Waals surface area contributed by atoms with Crippen LogP contribution in [0.15, 0.2) is 30.3 Å². The van der Waals surface area contributed by atoms with Crippen LogP contribution in [0.1, 0.15) is 30.8 Å². The van der Waals surface area contributed by atoms with Gasteiger partial charge in [0.2, 0.25) is 0 Å². The summed E-state index contributed by atoms with van der Waals surface area (Å²) in [6, 6.07) is 12.0. The number of esters is 1. The zero-order valence-electron chi connectivity index (χ0n) is 11.6. The number of nitrogens with zero attached hydrogens (tertiary/aromatic N) is 2. The Kier molecular flexibility index (Phi) is 2.79. The minimum absolute atomic E-state index is 0.247. The molecule has 0 unspecified atom stereocenters. The van der Waals surface area contributed by atoms with Crippen LogP contribution in [0.2, 0.25) is 0 Å². The Morgan fingerprint density at radius 2 is 2.25 bits per heavy atom. The molecule has 0 aliphatic heterocycles. The first-order valence-electron chi connectivity index (χ1n) is 6.83. The van der Waals surface area contributed by atoms with Crippen molar-refractivity contribution < 1.29 is 9.53 Å². The summed E-state index contributed by atoms with van der Waals surface area (Å²) in [6.07, 6.45) is 0.772. The molecule has 1 heterocycles. The molecular formula is C16H16N2O2. The van der Waals surface area contributed by atoms with Crippen molar-refractivity contribution in [1.82, 2.24) is 4.57 Å². The third-order valence-electron chi connectivity index (χ3n) is 4.06. The van der Waals surface area contributed by atoms with E-state index in [1.54, 1.807) is 6.92 Å². The summed E-state index contributed by atoms with van der Waals surface area (Å²) in [4.78, 5) is 12.2. The first-order chi connectivity index (χ1) is 9.64. The number of aromatic nitrogens is 1. The maximum Gasteiger partial charge on any atom is 0.355 e. The number of hydrogen-bond donors (Lipinski definition) is 0. The lowest BCUT2D eigenvalue weighted by Gasteiger charge is -2.15. The third kappa shape index (κ3) is 1.63. The normalized spacial score (nSPS) is 24.4. The number of fused-ring (bicyclic) bond motifs is 1. The molecule has 1 aromatic heterocycles. The van der Waals surface area contributed by atoms with E-state index in [9.17, 15) is 10.1 Å². The Labute approximate surface area is 117 Å². The molecule has 0 N–H and O–H groups in total. The Bertz CT molecular complexity index is 726. The Morgan fingerprint density at radius 3 is 2.85 bits per heavy atom. The molecule has 1 saturated carbocycles. The molecular weight excluding hydrogens is 252 g/mol. The first kappa shape index (κ1) is 12.7. The molecule has 4 heteroatoms. The Hall–Kier alpha value is -2.28. The first-order valence-corrected chi connectivity index (χ1v) is 6.83. The van der Waals surface area contributed by atoms with Crippen LogP contribution in [0, 0.1) is 17.2 Å². The molecule has 0 saturated heterocycles. The van der Waals surface area contributed by atoms with Gasteiger partial charge in [0.05, 0.1) is 18.2 Å². The lowest BCUT2D eigenvalue weighted by molar-refractivity contribution is 0.0512. The highest BCUT2D eigenvalue weighted by atomic mass is 16.5. The van der Waals surface area contributed by atoms with Gasteiger partial charge in [0.1, 0.15) is 11.2 Å². The molecule has 0 radical (unpaired) electrons. The smallest absolute Gasteiger partial charge is 0.355 e. The van der Waals surface area contributed by atoms with Gasteiger partial charge in [-0.05, 0) is 31.4 Å². The Morgan fingerprint density at radius 1 is 1.55 bits per heavy atom. The fourth-order valence-corrected chi connectivity index (χ4v) is 2.87. The summed E-state index contributed by atoms with van der Waals surface area (Å²) < 4.78 is 7.00. The summed E-state index contributed by atoms with van der Waals surface area (Å²) in [5.41, 5.74) is 0.783. The summed E-state index contributed by atoms with van der Waals surface area (Å²) in [7, 11) is 0. The van der Waals surface area contributed by atoms with Crippen molar-refractivity contribution in [1.29, 1.82) is 5.26 Å². The van der Waals surface area contributed by atoms with Crippen molar-refractivity contribution in [3.05, 3.63) is 36.0 Å². The van der Waals surface area contributed by atoms with Gasteiger partial charge in [0.15, 0.2) is 0 Å². The molecule has 2 atom stereocenters. The Balaban J connectivity index is 2.25. The van der Waals surface area contributed by atoms with E-state index in [-0.39, 0.29) is 11.9 Å². The number of hydrogen-bond acceptors (Lipinski definition) is 3. The number of carbonyl (C=O) groups is 1. The van der Waals surface area contributed by atoms with Gasteiger partial charge in [0, 0.05) is 5.39 Å². The minimum atomic E-state index is -0.606. The lowest BCUT2D eigenvalue weighted by atomic mass is 10.2. The average Bonchev–Trinajstić information content (AvgIpc) is 2.96. The van der Waals surface area contributed by atoms with Crippen molar-refractivity contribution in [2.75, 3.05) is 6.61 Å². The molecule has 1 aliphatic carbocycles. The number of rotatable bonds is 3. The van der Waals surface area contributed by atoms with Gasteiger partial charge >= 0.3 is 5.97 Å². The fourth-order valence-electron chi connectivity index (χ4n) is 2.87. The van der Waals surface area contributed by atoms with E-state index >= 15 is 0 Å². The summed E-state index contributed by atoms with van der Waals surface area (Å²) >= 11 is 0. The van der Waals surface area contributed by atoms with Crippen LogP contribution in [-0.2, 0) is 10.3 Å². The number of nitriles is 1. The van der Waals surface area contributed by atoms with E-state index in [2.05, 4.69) is 6.07 Å². The van der Waals surface area contributed by atoms with Crippen LogP contribution in [0.3, 0.4) is 0 Å². The second-order valence-electron chi connectivity index (χ2n) is 5.29. The van der Waals surface area contributed by atoms with Gasteiger partial charge < -0.3 is 9.30 Å². The number of para-hydroxylation sites is 1. The molecule has 0 bridgehead atoms. The number of benzene rings is 1. The van der Waals surface area contributed by atoms with Gasteiger partial charge in [-0.25, -0.2) is 4.79 Å². The topological polar surface area (TPSA) is 55.0 Å². The van der Waals surface area contributed by atoms with Crippen molar-refractivity contribution in [2.45, 2.75) is 25.8 Å². The molecule has 2 aromatic rings. The van der Waals surface area contributed by atoms with Crippen LogP contribution < -0.4 is 0 Å². The van der Waals surface area contributed by atoms with Crippen molar-refractivity contribution in [3.8, 4) is 6.07 Å². The molecule has 1 aromatic carbocycles. The molecule has 1 fully saturated rings. The van der Waals surface area contributed by atoms with Crippen LogP contribution in [0.5, 0.6) is 0 Å². The van der Waals surface area contributed by atoms with E-state index in [1.165, 1.54) is 0 Å². The van der Waals surface area contributed by atoms with Crippen LogP contribution in [-0.4, -0.2) is 17.1 Å². The maximum absolute atomic E-state index is 12.2. The molecule has 3 rings (SSSR count). The summed E-state index contributed by atoms with van der Waals surface area (Å²) in [6.45, 7) is 4.15. The van der Waals surface area contributed by atoms with Crippen LogP contribution in [0.4, 0.5) is 0 Å². The van der Waals surface area contributed by atoms with E-state index in [0.717, 1.165) is 17.3 Å². The SMILES string of the molecule is CCOC(=O)c1cc2ccccc2n1[C@@]1(C#N)C[C@@H]1C. The molecule has 1 aliphatic rings. The predicted octanol–water partition coefficient (Wildman–Crippen LogP) is 3.08. The maximum atomic E-state index is 12.2. The summed E-state index contributed by atoms with van der Waals surface area (Å²) in [5, 5.41) is 10.5. The standard InChI is InChI=1S/C16H16N2O2/c1-3-20-15(19)14-8-12-6-4-5-7-13(12)18(14)16(10-17)9-11(16)2/h4-8,11H,3,9H2,1-2H3/t11-,16+/m0/s1. The van der Waals surface area contributed by atoms with E-state index in [4.69, 9.17) is 4.74 Å². The fraction of sp³-hybridized carbons (Fsp3) is 0.375. The van der Waals surface area contributed by atoms with E-state index in [0.29, 0.717) is 12.3 Å². The molecule has 102 valence electrons. The highest BCUT2D eigenvalue weighted by Crippen LogP contribution is 2.51. The highest BCUT2D eigenvalue weighted by molar-refractivity contribution is 5.96. The quantitative estimate of drug-likeness (QED) is 0.804. The monoisotopic (exact) mass is 268 g/mol. The van der Waals surface area contributed by atoms with Crippen molar-refractivity contribution in [2.24, 2.45) is 5.92 Å². The van der Waals surface area contributed by atoms with Gasteiger partial charge in [-0.15, -0.1) is 0 Å². The molecule has 4 nitrogen and oxygen atoms in total. The largest absolute Gasteiger partial charge is 0.461 e. The number of ether oxygens (including phenoxy) is 1. The third-order valence-corrected chi connectivity index (χ3v) is 4.06. The van der Waals surface area contributed by atoms with E-state index < -0.39 is 5.54 Å². The van der Waals surface area contributed by atoms with Crippen molar-refractivity contribution >= 4 is 16.9 Å². The highest BCUT2D eigenvalue weighted by Gasteiger charge is 2.55. The molecule has 0 spiro atoms. The lowest BCUT2D eigenvalue weighted by Crippen LogP contribution is -2.22. The van der Waals surface area contributed by atoms with Gasteiger partial charge in [-0.2, -0.15) is 5.26 Å². The van der Waals surface area contributed by atoms with Crippen LogP contribution >= 0.6 is 0 Å². The summed E-state index contributed by atoms with van der Waals surface area (Å²) in [5.74, 6) is -0.117. The zero-order valence-corrected chi connectivity index (χ0v) is 11.6. The van der Waals surface area contributed by atoms with Crippen molar-refractivity contribution in [3.63, 3.8) is 0 Å². The zero-order chi connectivity index (χ0) is 14.3. The molecule has 0 amide bonds. The second kappa shape index (κ2) is 4.38. The average molecular weight is 268 g/mol. The van der Waals surface area contributed by atoms with Gasteiger partial charge in [-0.3, -0.25) is 0 Å².